The van der Waals surface area contributed by atoms with Crippen molar-refractivity contribution in [1.82, 2.24) is 15.0 Å². The minimum Gasteiger partial charge on any atom is -0.491 e. The number of hydrogen-bond donors (Lipinski definition) is 2. The maximum absolute atomic E-state index is 11.9. The maximum Gasteiger partial charge on any atom is 0.258 e. The summed E-state index contributed by atoms with van der Waals surface area (Å²) >= 11 is 0. The SMILES string of the molecule is CCCOc1ccc(-c2nc(-c3ccc4c(c3)CCN(C(=O)CN)CC4)no2)cc1N. The zero-order valence-corrected chi connectivity index (χ0v) is 17.6. The molecule has 0 saturated heterocycles. The van der Waals surface area contributed by atoms with Gasteiger partial charge in [-0.15, -0.1) is 0 Å². The highest BCUT2D eigenvalue weighted by molar-refractivity contribution is 5.78. The highest BCUT2D eigenvalue weighted by Gasteiger charge is 2.19. The number of carbonyl (C=O) groups is 1. The molecule has 1 aliphatic rings. The van der Waals surface area contributed by atoms with Crippen LogP contribution < -0.4 is 16.2 Å². The van der Waals surface area contributed by atoms with Crippen molar-refractivity contribution in [2.24, 2.45) is 5.73 Å². The predicted octanol–water partition coefficient (Wildman–Crippen LogP) is 2.66. The third kappa shape index (κ3) is 4.54. The lowest BCUT2D eigenvalue weighted by molar-refractivity contribution is -0.129. The van der Waals surface area contributed by atoms with Crippen LogP contribution in [0.5, 0.6) is 5.75 Å². The van der Waals surface area contributed by atoms with E-state index < -0.39 is 0 Å². The van der Waals surface area contributed by atoms with Gasteiger partial charge in [-0.1, -0.05) is 24.2 Å². The van der Waals surface area contributed by atoms with Gasteiger partial charge < -0.3 is 25.6 Å². The summed E-state index contributed by atoms with van der Waals surface area (Å²) in [6.07, 6.45) is 2.50. The van der Waals surface area contributed by atoms with E-state index in [9.17, 15) is 4.79 Å². The van der Waals surface area contributed by atoms with Crippen molar-refractivity contribution in [1.29, 1.82) is 0 Å². The van der Waals surface area contributed by atoms with E-state index in [0.717, 1.165) is 30.4 Å². The third-order valence-electron chi connectivity index (χ3n) is 5.44. The fraction of sp³-hybridized carbons (Fsp3) is 0.348. The summed E-state index contributed by atoms with van der Waals surface area (Å²) in [6.45, 7) is 4.06. The molecular formula is C23H27N5O3. The highest BCUT2D eigenvalue weighted by atomic mass is 16.5. The summed E-state index contributed by atoms with van der Waals surface area (Å²) in [4.78, 5) is 18.3. The second-order valence-corrected chi connectivity index (χ2v) is 7.59. The average molecular weight is 422 g/mol. The minimum atomic E-state index is -0.0128. The van der Waals surface area contributed by atoms with Crippen molar-refractivity contribution in [3.63, 3.8) is 0 Å². The number of fused-ring (bicyclic) bond motifs is 1. The monoisotopic (exact) mass is 421 g/mol. The molecule has 2 heterocycles. The number of aromatic nitrogens is 2. The van der Waals surface area contributed by atoms with E-state index in [1.807, 2.05) is 30.0 Å². The Bertz CT molecular complexity index is 1080. The first-order chi connectivity index (χ1) is 15.1. The number of hydrogen-bond acceptors (Lipinski definition) is 7. The van der Waals surface area contributed by atoms with Crippen molar-refractivity contribution >= 4 is 11.6 Å². The predicted molar refractivity (Wildman–Crippen MR) is 118 cm³/mol. The van der Waals surface area contributed by atoms with E-state index in [0.29, 0.717) is 42.8 Å². The number of carbonyl (C=O) groups excluding carboxylic acids is 1. The molecule has 31 heavy (non-hydrogen) atoms. The molecule has 1 aromatic heterocycles. The van der Waals surface area contributed by atoms with Crippen molar-refractivity contribution in [3.8, 4) is 28.6 Å². The molecule has 4 rings (SSSR count). The Morgan fingerprint density at radius 3 is 2.65 bits per heavy atom. The zero-order chi connectivity index (χ0) is 21.8. The molecule has 0 saturated carbocycles. The van der Waals surface area contributed by atoms with Gasteiger partial charge in [0.25, 0.3) is 5.89 Å². The first-order valence-corrected chi connectivity index (χ1v) is 10.6. The molecular weight excluding hydrogens is 394 g/mol. The lowest BCUT2D eigenvalue weighted by Crippen LogP contribution is -2.37. The number of nitrogen functional groups attached to an aromatic ring is 1. The molecule has 1 aliphatic heterocycles. The topological polar surface area (TPSA) is 120 Å². The first-order valence-electron chi connectivity index (χ1n) is 10.6. The quantitative estimate of drug-likeness (QED) is 0.587. The van der Waals surface area contributed by atoms with E-state index in [1.165, 1.54) is 11.1 Å². The fourth-order valence-corrected chi connectivity index (χ4v) is 3.73. The largest absolute Gasteiger partial charge is 0.491 e. The number of nitrogens with two attached hydrogens (primary N) is 2. The number of ether oxygens (including phenoxy) is 1. The molecule has 0 atom stereocenters. The standard InChI is InChI=1S/C23H27N5O3/c1-2-11-30-20-6-5-18(13-19(20)25)23-26-22(27-31-23)17-4-3-15-7-9-28(21(29)14-24)10-8-16(15)12-17/h3-6,12-13H,2,7-11,14,24-25H2,1H3. The molecule has 3 aromatic rings. The van der Waals surface area contributed by atoms with E-state index in [-0.39, 0.29) is 12.5 Å². The number of nitrogens with zero attached hydrogens (tertiary/aromatic N) is 3. The van der Waals surface area contributed by atoms with Gasteiger partial charge in [0, 0.05) is 24.2 Å². The Morgan fingerprint density at radius 2 is 1.90 bits per heavy atom. The molecule has 0 fully saturated rings. The normalized spacial score (nSPS) is 13.5. The molecule has 4 N–H and O–H groups in total. The van der Waals surface area contributed by atoms with Crippen LogP contribution in [0, 0.1) is 0 Å². The summed E-state index contributed by atoms with van der Waals surface area (Å²) in [5, 5.41) is 4.15. The summed E-state index contributed by atoms with van der Waals surface area (Å²) < 4.78 is 11.1. The molecule has 1 amide bonds. The lowest BCUT2D eigenvalue weighted by Gasteiger charge is -2.18. The number of benzene rings is 2. The Hall–Kier alpha value is -3.39. The molecule has 0 aliphatic carbocycles. The second-order valence-electron chi connectivity index (χ2n) is 7.59. The van der Waals surface area contributed by atoms with Crippen LogP contribution in [-0.2, 0) is 17.6 Å². The van der Waals surface area contributed by atoms with Crippen molar-refractivity contribution in [2.75, 3.05) is 32.0 Å². The second kappa shape index (κ2) is 9.18. The average Bonchev–Trinajstić information content (AvgIpc) is 3.19. The van der Waals surface area contributed by atoms with Crippen LogP contribution in [0.25, 0.3) is 22.8 Å². The van der Waals surface area contributed by atoms with Gasteiger partial charge in [0.05, 0.1) is 18.8 Å². The minimum absolute atomic E-state index is 0.0128. The molecule has 2 aromatic carbocycles. The van der Waals surface area contributed by atoms with Gasteiger partial charge in [-0.3, -0.25) is 4.79 Å². The lowest BCUT2D eigenvalue weighted by atomic mass is 10.00. The molecule has 0 spiro atoms. The Balaban J connectivity index is 1.53. The van der Waals surface area contributed by atoms with Crippen LogP contribution in [0.1, 0.15) is 24.5 Å². The summed E-state index contributed by atoms with van der Waals surface area (Å²) in [5.74, 6) is 1.56. The molecule has 0 radical (unpaired) electrons. The summed E-state index contributed by atoms with van der Waals surface area (Å²) in [5.41, 5.74) is 16.2. The Labute approximate surface area is 181 Å². The van der Waals surface area contributed by atoms with Gasteiger partial charge in [-0.25, -0.2) is 0 Å². The maximum atomic E-state index is 11.9. The fourth-order valence-electron chi connectivity index (χ4n) is 3.73. The van der Waals surface area contributed by atoms with Crippen LogP contribution in [0.2, 0.25) is 0 Å². The van der Waals surface area contributed by atoms with Gasteiger partial charge in [-0.2, -0.15) is 4.98 Å². The number of amides is 1. The van der Waals surface area contributed by atoms with E-state index in [1.54, 1.807) is 6.07 Å². The van der Waals surface area contributed by atoms with Gasteiger partial charge >= 0.3 is 0 Å². The van der Waals surface area contributed by atoms with Crippen LogP contribution in [0.15, 0.2) is 40.9 Å². The smallest absolute Gasteiger partial charge is 0.258 e. The summed E-state index contributed by atoms with van der Waals surface area (Å²) in [7, 11) is 0. The molecule has 162 valence electrons. The van der Waals surface area contributed by atoms with E-state index in [2.05, 4.69) is 22.3 Å². The van der Waals surface area contributed by atoms with Crippen LogP contribution in [-0.4, -0.2) is 47.2 Å². The number of rotatable bonds is 6. The third-order valence-corrected chi connectivity index (χ3v) is 5.44. The van der Waals surface area contributed by atoms with Gasteiger partial charge in [0.15, 0.2) is 0 Å². The summed E-state index contributed by atoms with van der Waals surface area (Å²) in [6, 6.07) is 11.6. The molecule has 0 unspecified atom stereocenters. The Morgan fingerprint density at radius 1 is 1.13 bits per heavy atom. The van der Waals surface area contributed by atoms with E-state index >= 15 is 0 Å². The van der Waals surface area contributed by atoms with Crippen LogP contribution in [0.4, 0.5) is 5.69 Å². The van der Waals surface area contributed by atoms with Crippen molar-refractivity contribution in [2.45, 2.75) is 26.2 Å². The zero-order valence-electron chi connectivity index (χ0n) is 17.6. The van der Waals surface area contributed by atoms with Crippen molar-refractivity contribution < 1.29 is 14.1 Å². The van der Waals surface area contributed by atoms with Gasteiger partial charge in [-0.05, 0) is 54.7 Å². The van der Waals surface area contributed by atoms with Crippen molar-refractivity contribution in [3.05, 3.63) is 47.5 Å². The van der Waals surface area contributed by atoms with Crippen LogP contribution >= 0.6 is 0 Å². The number of anilines is 1. The van der Waals surface area contributed by atoms with E-state index in [4.69, 9.17) is 20.7 Å². The molecule has 0 bridgehead atoms. The molecule has 8 nitrogen and oxygen atoms in total. The van der Waals surface area contributed by atoms with Gasteiger partial charge in [0.2, 0.25) is 11.7 Å². The first kappa shape index (κ1) is 20.9. The highest BCUT2D eigenvalue weighted by Crippen LogP contribution is 2.30. The Kier molecular flexibility index (Phi) is 6.18. The van der Waals surface area contributed by atoms with Crippen LogP contribution in [0.3, 0.4) is 0 Å². The molecule has 8 heteroatoms. The van der Waals surface area contributed by atoms with Gasteiger partial charge in [0.1, 0.15) is 5.75 Å².